The lowest BCUT2D eigenvalue weighted by Crippen LogP contribution is -2.48. The molecule has 5 heteroatoms. The standard InChI is InChI=1S/C14H22N4O/c1-13(2,3)11-16-8-10(9-17-11)18-12(19)14(15)6-4-5-7-14/h8-9H,4-7,15H2,1-3H3,(H,18,19). The van der Waals surface area contributed by atoms with E-state index in [4.69, 9.17) is 5.73 Å². The lowest BCUT2D eigenvalue weighted by Gasteiger charge is -2.22. The Bertz CT molecular complexity index is 455. The summed E-state index contributed by atoms with van der Waals surface area (Å²) in [5.74, 6) is 0.630. The zero-order chi connectivity index (χ0) is 14.1. The van der Waals surface area contributed by atoms with Crippen molar-refractivity contribution in [2.24, 2.45) is 5.73 Å². The average molecular weight is 262 g/mol. The van der Waals surface area contributed by atoms with Crippen LogP contribution in [-0.2, 0) is 10.2 Å². The largest absolute Gasteiger partial charge is 0.322 e. The second-order valence-corrected chi connectivity index (χ2v) is 6.36. The summed E-state index contributed by atoms with van der Waals surface area (Å²) in [4.78, 5) is 20.7. The van der Waals surface area contributed by atoms with Gasteiger partial charge in [-0.25, -0.2) is 9.97 Å². The molecule has 0 radical (unpaired) electrons. The number of nitrogens with two attached hydrogens (primary N) is 1. The van der Waals surface area contributed by atoms with Crippen LogP contribution in [0.4, 0.5) is 5.69 Å². The van der Waals surface area contributed by atoms with Gasteiger partial charge in [0.05, 0.1) is 23.6 Å². The molecule has 0 atom stereocenters. The number of hydrogen-bond donors (Lipinski definition) is 2. The molecule has 0 bridgehead atoms. The summed E-state index contributed by atoms with van der Waals surface area (Å²) in [6.45, 7) is 6.15. The molecule has 0 spiro atoms. The van der Waals surface area contributed by atoms with Crippen molar-refractivity contribution in [2.75, 3.05) is 5.32 Å². The van der Waals surface area contributed by atoms with Gasteiger partial charge in [0.15, 0.2) is 0 Å². The maximum atomic E-state index is 12.1. The van der Waals surface area contributed by atoms with Crippen LogP contribution in [0.2, 0.25) is 0 Å². The quantitative estimate of drug-likeness (QED) is 0.854. The number of carbonyl (C=O) groups excluding carboxylic acids is 1. The van der Waals surface area contributed by atoms with Gasteiger partial charge in [-0.15, -0.1) is 0 Å². The first-order valence-electron chi connectivity index (χ1n) is 6.74. The van der Waals surface area contributed by atoms with Crippen LogP contribution in [0.3, 0.4) is 0 Å². The van der Waals surface area contributed by atoms with Gasteiger partial charge in [-0.3, -0.25) is 4.79 Å². The fourth-order valence-corrected chi connectivity index (χ4v) is 2.27. The molecule has 5 nitrogen and oxygen atoms in total. The van der Waals surface area contributed by atoms with Crippen LogP contribution in [0, 0.1) is 0 Å². The van der Waals surface area contributed by atoms with Crippen LogP contribution in [0.5, 0.6) is 0 Å². The Labute approximate surface area is 114 Å². The predicted molar refractivity (Wildman–Crippen MR) is 74.7 cm³/mol. The average Bonchev–Trinajstić information content (AvgIpc) is 2.77. The molecule has 19 heavy (non-hydrogen) atoms. The molecule has 0 unspecified atom stereocenters. The minimum Gasteiger partial charge on any atom is -0.322 e. The topological polar surface area (TPSA) is 80.9 Å². The maximum absolute atomic E-state index is 12.1. The molecule has 1 heterocycles. The highest BCUT2D eigenvalue weighted by Crippen LogP contribution is 2.28. The van der Waals surface area contributed by atoms with Crippen LogP contribution < -0.4 is 11.1 Å². The lowest BCUT2D eigenvalue weighted by atomic mass is 9.96. The van der Waals surface area contributed by atoms with Gasteiger partial charge >= 0.3 is 0 Å². The molecule has 3 N–H and O–H groups in total. The fraction of sp³-hybridized carbons (Fsp3) is 0.643. The highest BCUT2D eigenvalue weighted by molar-refractivity contribution is 5.97. The SMILES string of the molecule is CC(C)(C)c1ncc(NC(=O)C2(N)CCCC2)cn1. The van der Waals surface area contributed by atoms with Crippen molar-refractivity contribution in [3.05, 3.63) is 18.2 Å². The molecule has 1 fully saturated rings. The molecule has 0 aromatic carbocycles. The van der Waals surface area contributed by atoms with Crippen LogP contribution in [0.25, 0.3) is 0 Å². The van der Waals surface area contributed by atoms with E-state index in [9.17, 15) is 4.79 Å². The second kappa shape index (κ2) is 4.89. The summed E-state index contributed by atoms with van der Waals surface area (Å²) < 4.78 is 0. The summed E-state index contributed by atoms with van der Waals surface area (Å²) in [5, 5.41) is 2.81. The maximum Gasteiger partial charge on any atom is 0.244 e. The minimum absolute atomic E-state index is 0.0942. The number of hydrogen-bond acceptors (Lipinski definition) is 4. The molecule has 1 aliphatic carbocycles. The zero-order valence-electron chi connectivity index (χ0n) is 11.9. The lowest BCUT2D eigenvalue weighted by molar-refractivity contribution is -0.121. The van der Waals surface area contributed by atoms with Crippen molar-refractivity contribution >= 4 is 11.6 Å². The number of nitrogens with zero attached hydrogens (tertiary/aromatic N) is 2. The van der Waals surface area contributed by atoms with Crippen LogP contribution in [0.15, 0.2) is 12.4 Å². The van der Waals surface area contributed by atoms with Gasteiger partial charge in [-0.05, 0) is 12.8 Å². The smallest absolute Gasteiger partial charge is 0.244 e. The Morgan fingerprint density at radius 1 is 1.26 bits per heavy atom. The number of aromatic nitrogens is 2. The van der Waals surface area contributed by atoms with E-state index < -0.39 is 5.54 Å². The van der Waals surface area contributed by atoms with E-state index in [1.165, 1.54) is 0 Å². The fourth-order valence-electron chi connectivity index (χ4n) is 2.27. The highest BCUT2D eigenvalue weighted by Gasteiger charge is 2.37. The van der Waals surface area contributed by atoms with Crippen LogP contribution >= 0.6 is 0 Å². The zero-order valence-corrected chi connectivity index (χ0v) is 11.9. The molecule has 2 rings (SSSR count). The van der Waals surface area contributed by atoms with Crippen molar-refractivity contribution in [1.29, 1.82) is 0 Å². The molecule has 0 aliphatic heterocycles. The Kier molecular flexibility index (Phi) is 3.58. The molecule has 0 saturated heterocycles. The number of rotatable bonds is 2. The van der Waals surface area contributed by atoms with E-state index >= 15 is 0 Å². The van der Waals surface area contributed by atoms with E-state index in [2.05, 4.69) is 15.3 Å². The Hall–Kier alpha value is -1.49. The molecule has 104 valence electrons. The van der Waals surface area contributed by atoms with Gasteiger partial charge in [-0.1, -0.05) is 33.6 Å². The predicted octanol–water partition coefficient (Wildman–Crippen LogP) is 1.98. The summed E-state index contributed by atoms with van der Waals surface area (Å²) >= 11 is 0. The van der Waals surface area contributed by atoms with Gasteiger partial charge in [0.2, 0.25) is 5.91 Å². The van der Waals surface area contributed by atoms with Crippen molar-refractivity contribution < 1.29 is 4.79 Å². The number of carbonyl (C=O) groups is 1. The minimum atomic E-state index is -0.720. The van der Waals surface area contributed by atoms with E-state index in [1.54, 1.807) is 12.4 Å². The van der Waals surface area contributed by atoms with Gasteiger partial charge in [0.1, 0.15) is 5.82 Å². The summed E-state index contributed by atoms with van der Waals surface area (Å²) in [5.41, 5.74) is 5.89. The summed E-state index contributed by atoms with van der Waals surface area (Å²) in [6.07, 6.45) is 6.82. The van der Waals surface area contributed by atoms with Gasteiger partial charge in [0.25, 0.3) is 0 Å². The monoisotopic (exact) mass is 262 g/mol. The Balaban J connectivity index is 2.06. The van der Waals surface area contributed by atoms with E-state index in [0.717, 1.165) is 31.5 Å². The Morgan fingerprint density at radius 3 is 2.26 bits per heavy atom. The normalized spacial score (nSPS) is 18.3. The third-order valence-corrected chi connectivity index (χ3v) is 3.53. The number of nitrogens with one attached hydrogen (secondary N) is 1. The van der Waals surface area contributed by atoms with E-state index in [1.807, 2.05) is 20.8 Å². The van der Waals surface area contributed by atoms with Crippen molar-refractivity contribution in [3.63, 3.8) is 0 Å². The first kappa shape index (κ1) is 13.9. The van der Waals surface area contributed by atoms with Gasteiger partial charge in [0, 0.05) is 5.41 Å². The third kappa shape index (κ3) is 3.10. The number of anilines is 1. The molecule has 1 aliphatic rings. The molecular weight excluding hydrogens is 240 g/mol. The van der Waals surface area contributed by atoms with E-state index in [-0.39, 0.29) is 11.3 Å². The van der Waals surface area contributed by atoms with Gasteiger partial charge < -0.3 is 11.1 Å². The van der Waals surface area contributed by atoms with Crippen molar-refractivity contribution in [2.45, 2.75) is 57.4 Å². The Morgan fingerprint density at radius 2 is 1.79 bits per heavy atom. The molecular formula is C14H22N4O. The molecule has 1 aromatic heterocycles. The van der Waals surface area contributed by atoms with E-state index in [0.29, 0.717) is 5.69 Å². The van der Waals surface area contributed by atoms with Crippen molar-refractivity contribution in [1.82, 2.24) is 9.97 Å². The second-order valence-electron chi connectivity index (χ2n) is 6.36. The summed E-state index contributed by atoms with van der Waals surface area (Å²) in [6, 6.07) is 0. The van der Waals surface area contributed by atoms with Crippen LogP contribution in [0.1, 0.15) is 52.3 Å². The van der Waals surface area contributed by atoms with Crippen molar-refractivity contribution in [3.8, 4) is 0 Å². The summed E-state index contributed by atoms with van der Waals surface area (Å²) in [7, 11) is 0. The number of amides is 1. The first-order chi connectivity index (χ1) is 8.81. The molecule has 1 aromatic rings. The molecule has 1 amide bonds. The first-order valence-corrected chi connectivity index (χ1v) is 6.74. The van der Waals surface area contributed by atoms with Gasteiger partial charge in [-0.2, -0.15) is 0 Å². The highest BCUT2D eigenvalue weighted by atomic mass is 16.2. The third-order valence-electron chi connectivity index (χ3n) is 3.53. The molecule has 1 saturated carbocycles. The van der Waals surface area contributed by atoms with Crippen LogP contribution in [-0.4, -0.2) is 21.4 Å².